The standard InChI is InChI=1S/C18H32N4O2.HI/c1-19-18(21-10-13-22-11-4-2-3-5-12-22)20-9-7-14-23-16-17-8-6-15-24-17;/h6,8,15H,2-5,7,9-14,16H2,1H3,(H2,19,20,21);1H. The number of aliphatic imine (C=N–C) groups is 1. The van der Waals surface area contributed by atoms with Gasteiger partial charge in [-0.2, -0.15) is 0 Å². The Morgan fingerprint density at radius 1 is 1.20 bits per heavy atom. The molecule has 1 aromatic heterocycles. The zero-order valence-corrected chi connectivity index (χ0v) is 17.7. The molecule has 2 heterocycles. The Balaban J connectivity index is 0.00000312. The van der Waals surface area contributed by atoms with E-state index in [0.717, 1.165) is 37.8 Å². The second-order valence-electron chi connectivity index (χ2n) is 6.17. The minimum atomic E-state index is 0. The molecule has 0 aromatic carbocycles. The number of hydrogen-bond donors (Lipinski definition) is 2. The fourth-order valence-electron chi connectivity index (χ4n) is 2.86. The molecule has 1 fully saturated rings. The van der Waals surface area contributed by atoms with E-state index in [4.69, 9.17) is 9.15 Å². The topological polar surface area (TPSA) is 62.0 Å². The SMILES string of the molecule is CN=C(NCCCOCc1ccco1)NCCN1CCCCCC1.I. The predicted molar refractivity (Wildman–Crippen MR) is 113 cm³/mol. The van der Waals surface area contributed by atoms with Crippen LogP contribution in [-0.2, 0) is 11.3 Å². The minimum Gasteiger partial charge on any atom is -0.467 e. The molecule has 1 saturated heterocycles. The van der Waals surface area contributed by atoms with Gasteiger partial charge in [0.15, 0.2) is 5.96 Å². The summed E-state index contributed by atoms with van der Waals surface area (Å²) in [7, 11) is 1.81. The molecule has 7 heteroatoms. The molecule has 0 radical (unpaired) electrons. The third-order valence-electron chi connectivity index (χ3n) is 4.23. The Labute approximate surface area is 168 Å². The van der Waals surface area contributed by atoms with Crippen LogP contribution in [-0.4, -0.2) is 57.2 Å². The number of likely N-dealkylation sites (tertiary alicyclic amines) is 1. The highest BCUT2D eigenvalue weighted by Crippen LogP contribution is 2.08. The molecule has 0 atom stereocenters. The molecule has 0 unspecified atom stereocenters. The van der Waals surface area contributed by atoms with E-state index < -0.39 is 0 Å². The quantitative estimate of drug-likeness (QED) is 0.255. The summed E-state index contributed by atoms with van der Waals surface area (Å²) in [5.41, 5.74) is 0. The van der Waals surface area contributed by atoms with Crippen LogP contribution in [0.3, 0.4) is 0 Å². The average Bonchev–Trinajstić information content (AvgIpc) is 2.98. The first-order chi connectivity index (χ1) is 11.9. The smallest absolute Gasteiger partial charge is 0.191 e. The molecule has 2 N–H and O–H groups in total. The van der Waals surface area contributed by atoms with Gasteiger partial charge in [-0.3, -0.25) is 4.99 Å². The third kappa shape index (κ3) is 10.1. The first-order valence-corrected chi connectivity index (χ1v) is 9.15. The number of ether oxygens (including phenoxy) is 1. The summed E-state index contributed by atoms with van der Waals surface area (Å²) in [6.07, 6.45) is 8.05. The van der Waals surface area contributed by atoms with Crippen LogP contribution in [0.2, 0.25) is 0 Å². The van der Waals surface area contributed by atoms with Gasteiger partial charge in [-0.05, 0) is 44.5 Å². The van der Waals surface area contributed by atoms with Gasteiger partial charge in [0, 0.05) is 33.3 Å². The lowest BCUT2D eigenvalue weighted by atomic mass is 10.2. The van der Waals surface area contributed by atoms with Crippen molar-refractivity contribution in [2.45, 2.75) is 38.7 Å². The van der Waals surface area contributed by atoms with Crippen molar-refractivity contribution in [2.24, 2.45) is 4.99 Å². The van der Waals surface area contributed by atoms with Gasteiger partial charge in [0.1, 0.15) is 12.4 Å². The maximum atomic E-state index is 5.57. The fourth-order valence-corrected chi connectivity index (χ4v) is 2.86. The Kier molecular flexibility index (Phi) is 12.8. The maximum absolute atomic E-state index is 5.57. The summed E-state index contributed by atoms with van der Waals surface area (Å²) in [5.74, 6) is 1.74. The number of halogens is 1. The largest absolute Gasteiger partial charge is 0.467 e. The molecule has 144 valence electrons. The average molecular weight is 464 g/mol. The highest BCUT2D eigenvalue weighted by atomic mass is 127. The summed E-state index contributed by atoms with van der Waals surface area (Å²) in [5, 5.41) is 6.72. The summed E-state index contributed by atoms with van der Waals surface area (Å²) in [6.45, 7) is 6.60. The first kappa shape index (κ1) is 22.2. The minimum absolute atomic E-state index is 0. The van der Waals surface area contributed by atoms with E-state index in [1.807, 2.05) is 19.2 Å². The normalized spacial score (nSPS) is 16.1. The van der Waals surface area contributed by atoms with Crippen LogP contribution in [0, 0.1) is 0 Å². The van der Waals surface area contributed by atoms with E-state index in [0.29, 0.717) is 13.2 Å². The monoisotopic (exact) mass is 464 g/mol. The van der Waals surface area contributed by atoms with E-state index in [-0.39, 0.29) is 24.0 Å². The first-order valence-electron chi connectivity index (χ1n) is 9.15. The number of nitrogens with zero attached hydrogens (tertiary/aromatic N) is 2. The number of furan rings is 1. The number of hydrogen-bond acceptors (Lipinski definition) is 4. The Morgan fingerprint density at radius 2 is 1.96 bits per heavy atom. The van der Waals surface area contributed by atoms with Crippen molar-refractivity contribution in [3.8, 4) is 0 Å². The highest BCUT2D eigenvalue weighted by Gasteiger charge is 2.08. The van der Waals surface area contributed by atoms with Crippen LogP contribution in [0.5, 0.6) is 0 Å². The van der Waals surface area contributed by atoms with Gasteiger partial charge in [0.25, 0.3) is 0 Å². The van der Waals surface area contributed by atoms with Crippen molar-refractivity contribution in [1.29, 1.82) is 0 Å². The lowest BCUT2D eigenvalue weighted by Gasteiger charge is -2.20. The predicted octanol–water partition coefficient (Wildman–Crippen LogP) is 2.85. The van der Waals surface area contributed by atoms with Crippen LogP contribution in [0.4, 0.5) is 0 Å². The zero-order valence-electron chi connectivity index (χ0n) is 15.3. The van der Waals surface area contributed by atoms with Gasteiger partial charge >= 0.3 is 0 Å². The van der Waals surface area contributed by atoms with Crippen molar-refractivity contribution in [1.82, 2.24) is 15.5 Å². The molecule has 2 rings (SSSR count). The lowest BCUT2D eigenvalue weighted by molar-refractivity contribution is 0.105. The molecule has 1 aromatic rings. The highest BCUT2D eigenvalue weighted by molar-refractivity contribution is 14.0. The molecule has 0 aliphatic carbocycles. The summed E-state index contributed by atoms with van der Waals surface area (Å²) in [6, 6.07) is 3.80. The van der Waals surface area contributed by atoms with E-state index in [1.54, 1.807) is 6.26 Å². The van der Waals surface area contributed by atoms with Gasteiger partial charge < -0.3 is 24.7 Å². The molecule has 0 amide bonds. The van der Waals surface area contributed by atoms with Gasteiger partial charge in [0.2, 0.25) is 0 Å². The van der Waals surface area contributed by atoms with Gasteiger partial charge in [-0.25, -0.2) is 0 Å². The van der Waals surface area contributed by atoms with Crippen molar-refractivity contribution < 1.29 is 9.15 Å². The Morgan fingerprint density at radius 3 is 2.64 bits per heavy atom. The van der Waals surface area contributed by atoms with Crippen LogP contribution < -0.4 is 10.6 Å². The second kappa shape index (κ2) is 14.4. The van der Waals surface area contributed by atoms with E-state index in [9.17, 15) is 0 Å². The summed E-state index contributed by atoms with van der Waals surface area (Å²) < 4.78 is 10.8. The van der Waals surface area contributed by atoms with Crippen molar-refractivity contribution in [2.75, 3.05) is 46.4 Å². The molecule has 0 bridgehead atoms. The van der Waals surface area contributed by atoms with Gasteiger partial charge in [-0.1, -0.05) is 12.8 Å². The molecule has 25 heavy (non-hydrogen) atoms. The van der Waals surface area contributed by atoms with Crippen LogP contribution in [0.15, 0.2) is 27.8 Å². The van der Waals surface area contributed by atoms with Crippen molar-refractivity contribution >= 4 is 29.9 Å². The summed E-state index contributed by atoms with van der Waals surface area (Å²) >= 11 is 0. The molecular formula is C18H33IN4O2. The zero-order chi connectivity index (χ0) is 16.9. The third-order valence-corrected chi connectivity index (χ3v) is 4.23. The second-order valence-corrected chi connectivity index (χ2v) is 6.17. The maximum Gasteiger partial charge on any atom is 0.191 e. The molecule has 1 aliphatic rings. The summed E-state index contributed by atoms with van der Waals surface area (Å²) in [4.78, 5) is 6.82. The molecule has 0 saturated carbocycles. The molecule has 6 nitrogen and oxygen atoms in total. The van der Waals surface area contributed by atoms with Gasteiger partial charge in [-0.15, -0.1) is 24.0 Å². The molecule has 0 spiro atoms. The van der Waals surface area contributed by atoms with Crippen LogP contribution >= 0.6 is 24.0 Å². The molecule has 1 aliphatic heterocycles. The van der Waals surface area contributed by atoms with Crippen molar-refractivity contribution in [3.05, 3.63) is 24.2 Å². The van der Waals surface area contributed by atoms with Crippen molar-refractivity contribution in [3.63, 3.8) is 0 Å². The van der Waals surface area contributed by atoms with E-state index in [1.165, 1.54) is 38.8 Å². The van der Waals surface area contributed by atoms with Gasteiger partial charge in [0.05, 0.1) is 6.26 Å². The number of rotatable bonds is 9. The Bertz CT molecular complexity index is 446. The van der Waals surface area contributed by atoms with Crippen LogP contribution in [0.25, 0.3) is 0 Å². The molecular weight excluding hydrogens is 431 g/mol. The number of guanidine groups is 1. The van der Waals surface area contributed by atoms with E-state index in [2.05, 4.69) is 20.5 Å². The lowest BCUT2D eigenvalue weighted by Crippen LogP contribution is -2.42. The number of nitrogens with one attached hydrogen (secondary N) is 2. The Hall–Kier alpha value is -0.800. The fraction of sp³-hybridized carbons (Fsp3) is 0.722. The van der Waals surface area contributed by atoms with Crippen LogP contribution in [0.1, 0.15) is 37.9 Å². The van der Waals surface area contributed by atoms with E-state index >= 15 is 0 Å².